The first-order chi connectivity index (χ1) is 8.16. The van der Waals surface area contributed by atoms with E-state index in [0.717, 1.165) is 22.3 Å². The Kier molecular flexibility index (Phi) is 4.09. The Morgan fingerprint density at radius 2 is 2.35 bits per heavy atom. The molecule has 1 heterocycles. The lowest BCUT2D eigenvalue weighted by Crippen LogP contribution is -2.10. The van der Waals surface area contributed by atoms with E-state index in [2.05, 4.69) is 26.2 Å². The minimum Gasteiger partial charge on any atom is -0.389 e. The summed E-state index contributed by atoms with van der Waals surface area (Å²) in [7, 11) is 0. The number of benzene rings is 1. The van der Waals surface area contributed by atoms with Crippen LogP contribution in [0.3, 0.4) is 0 Å². The molecule has 0 aliphatic rings. The number of nitrogens with zero attached hydrogens (tertiary/aromatic N) is 1. The molecule has 1 aromatic heterocycles. The predicted octanol–water partition coefficient (Wildman–Crippen LogP) is 3.15. The van der Waals surface area contributed by atoms with Crippen molar-refractivity contribution < 1.29 is 0 Å². The molecule has 0 unspecified atom stereocenters. The Labute approximate surface area is 117 Å². The van der Waals surface area contributed by atoms with Gasteiger partial charge in [0.25, 0.3) is 0 Å². The molecule has 2 rings (SSSR count). The number of hydrogen-bond acceptors (Lipinski definition) is 4. The summed E-state index contributed by atoms with van der Waals surface area (Å²) in [6.07, 6.45) is 1.86. The van der Waals surface area contributed by atoms with E-state index >= 15 is 0 Å². The van der Waals surface area contributed by atoms with Crippen molar-refractivity contribution in [1.29, 1.82) is 0 Å². The number of thiazole rings is 1. The SMILES string of the molecule is NC(=S)c1ccc(NCc2cncs2)cc1Br. The van der Waals surface area contributed by atoms with E-state index in [9.17, 15) is 0 Å². The molecule has 6 heteroatoms. The lowest BCUT2D eigenvalue weighted by molar-refractivity contribution is 1.17. The van der Waals surface area contributed by atoms with Gasteiger partial charge in [-0.1, -0.05) is 12.2 Å². The largest absolute Gasteiger partial charge is 0.389 e. The standard InChI is InChI=1S/C11H10BrN3S2/c12-10-3-7(1-2-9(10)11(13)16)15-5-8-4-14-6-17-8/h1-4,6,15H,5H2,(H2,13,16). The van der Waals surface area contributed by atoms with Gasteiger partial charge >= 0.3 is 0 Å². The number of nitrogens with one attached hydrogen (secondary N) is 1. The van der Waals surface area contributed by atoms with E-state index in [1.165, 1.54) is 4.88 Å². The van der Waals surface area contributed by atoms with Crippen LogP contribution >= 0.6 is 39.5 Å². The van der Waals surface area contributed by atoms with Crippen LogP contribution in [0.15, 0.2) is 34.4 Å². The fourth-order valence-corrected chi connectivity index (χ4v) is 2.78. The third-order valence-electron chi connectivity index (χ3n) is 2.18. The van der Waals surface area contributed by atoms with Crippen molar-refractivity contribution in [2.24, 2.45) is 5.73 Å². The van der Waals surface area contributed by atoms with Gasteiger partial charge in [0.1, 0.15) is 4.99 Å². The number of nitrogens with two attached hydrogens (primary N) is 1. The minimum atomic E-state index is 0.394. The van der Waals surface area contributed by atoms with Crippen molar-refractivity contribution in [2.45, 2.75) is 6.54 Å². The average molecular weight is 328 g/mol. The molecule has 1 aromatic carbocycles. The lowest BCUT2D eigenvalue weighted by Gasteiger charge is -2.08. The fraction of sp³-hybridized carbons (Fsp3) is 0.0909. The molecule has 0 aliphatic heterocycles. The molecule has 0 fully saturated rings. The molecule has 3 nitrogen and oxygen atoms in total. The Morgan fingerprint density at radius 3 is 2.94 bits per heavy atom. The molecule has 0 amide bonds. The minimum absolute atomic E-state index is 0.394. The molecule has 0 aliphatic carbocycles. The van der Waals surface area contributed by atoms with Crippen LogP contribution in [0.5, 0.6) is 0 Å². The van der Waals surface area contributed by atoms with Crippen LogP contribution in [0.4, 0.5) is 5.69 Å². The third-order valence-corrected chi connectivity index (χ3v) is 3.84. The van der Waals surface area contributed by atoms with Gasteiger partial charge < -0.3 is 11.1 Å². The van der Waals surface area contributed by atoms with Gasteiger partial charge in [-0.3, -0.25) is 4.98 Å². The van der Waals surface area contributed by atoms with Gasteiger partial charge in [0, 0.05) is 26.8 Å². The topological polar surface area (TPSA) is 50.9 Å². The molecule has 2 aromatic rings. The molecule has 17 heavy (non-hydrogen) atoms. The highest BCUT2D eigenvalue weighted by atomic mass is 79.9. The highest BCUT2D eigenvalue weighted by Gasteiger charge is 2.04. The van der Waals surface area contributed by atoms with Crippen molar-refractivity contribution in [2.75, 3.05) is 5.32 Å². The zero-order valence-electron chi connectivity index (χ0n) is 8.81. The van der Waals surface area contributed by atoms with Crippen molar-refractivity contribution in [3.8, 4) is 0 Å². The Hall–Kier alpha value is -0.980. The van der Waals surface area contributed by atoms with Crippen LogP contribution in [0.1, 0.15) is 10.4 Å². The maximum atomic E-state index is 5.59. The molecule has 0 saturated carbocycles. The number of thiocarbonyl (C=S) groups is 1. The molecule has 3 N–H and O–H groups in total. The van der Waals surface area contributed by atoms with E-state index in [0.29, 0.717) is 4.99 Å². The highest BCUT2D eigenvalue weighted by Crippen LogP contribution is 2.22. The van der Waals surface area contributed by atoms with Gasteiger partial charge in [0.15, 0.2) is 0 Å². The zero-order valence-corrected chi connectivity index (χ0v) is 12.0. The number of aromatic nitrogens is 1. The van der Waals surface area contributed by atoms with E-state index in [4.69, 9.17) is 18.0 Å². The van der Waals surface area contributed by atoms with Crippen molar-refractivity contribution >= 4 is 50.2 Å². The monoisotopic (exact) mass is 327 g/mol. The predicted molar refractivity (Wildman–Crippen MR) is 79.5 cm³/mol. The number of anilines is 1. The first-order valence-electron chi connectivity index (χ1n) is 4.87. The quantitative estimate of drug-likeness (QED) is 0.847. The average Bonchev–Trinajstić information content (AvgIpc) is 2.78. The van der Waals surface area contributed by atoms with Crippen LogP contribution in [0.25, 0.3) is 0 Å². The van der Waals surface area contributed by atoms with Crippen LogP contribution in [0.2, 0.25) is 0 Å². The molecule has 88 valence electrons. The van der Waals surface area contributed by atoms with Gasteiger partial charge in [-0.15, -0.1) is 11.3 Å². The van der Waals surface area contributed by atoms with Gasteiger partial charge in [0.05, 0.1) is 12.1 Å². The third kappa shape index (κ3) is 3.24. The summed E-state index contributed by atoms with van der Waals surface area (Å²) in [4.78, 5) is 5.61. The molecule has 0 spiro atoms. The second-order valence-corrected chi connectivity index (χ2v) is 5.65. The highest BCUT2D eigenvalue weighted by molar-refractivity contribution is 9.10. The summed E-state index contributed by atoms with van der Waals surface area (Å²) in [5.74, 6) is 0. The molecule has 0 radical (unpaired) electrons. The zero-order chi connectivity index (χ0) is 12.3. The normalized spacial score (nSPS) is 10.2. The summed E-state index contributed by atoms with van der Waals surface area (Å²) in [6, 6.07) is 5.83. The van der Waals surface area contributed by atoms with Gasteiger partial charge in [-0.2, -0.15) is 0 Å². The number of hydrogen-bond donors (Lipinski definition) is 2. The molecule has 0 atom stereocenters. The Bertz CT molecular complexity index is 526. The van der Waals surface area contributed by atoms with Crippen LogP contribution in [0, 0.1) is 0 Å². The van der Waals surface area contributed by atoms with E-state index < -0.39 is 0 Å². The van der Waals surface area contributed by atoms with E-state index in [1.807, 2.05) is 29.9 Å². The van der Waals surface area contributed by atoms with Gasteiger partial charge in [-0.25, -0.2) is 0 Å². The molecular weight excluding hydrogens is 318 g/mol. The number of rotatable bonds is 4. The summed E-state index contributed by atoms with van der Waals surface area (Å²) >= 11 is 10.0. The maximum Gasteiger partial charge on any atom is 0.105 e. The molecule has 0 saturated heterocycles. The summed E-state index contributed by atoms with van der Waals surface area (Å²) in [5.41, 5.74) is 9.28. The Morgan fingerprint density at radius 1 is 1.53 bits per heavy atom. The van der Waals surface area contributed by atoms with Crippen molar-refractivity contribution in [3.63, 3.8) is 0 Å². The first kappa shape index (κ1) is 12.5. The smallest absolute Gasteiger partial charge is 0.105 e. The van der Waals surface area contributed by atoms with Crippen LogP contribution in [-0.4, -0.2) is 9.97 Å². The van der Waals surface area contributed by atoms with E-state index in [-0.39, 0.29) is 0 Å². The van der Waals surface area contributed by atoms with Gasteiger partial charge in [0.2, 0.25) is 0 Å². The molecular formula is C11H10BrN3S2. The lowest BCUT2D eigenvalue weighted by atomic mass is 10.2. The second kappa shape index (κ2) is 5.57. The van der Waals surface area contributed by atoms with Crippen LogP contribution in [-0.2, 0) is 6.54 Å². The van der Waals surface area contributed by atoms with Gasteiger partial charge in [-0.05, 0) is 34.1 Å². The fourth-order valence-electron chi connectivity index (χ4n) is 1.34. The number of halogens is 1. The Balaban J connectivity index is 2.07. The second-order valence-electron chi connectivity index (χ2n) is 3.38. The summed E-state index contributed by atoms with van der Waals surface area (Å²) in [6.45, 7) is 0.767. The van der Waals surface area contributed by atoms with E-state index in [1.54, 1.807) is 11.3 Å². The van der Waals surface area contributed by atoms with Crippen molar-refractivity contribution in [3.05, 3.63) is 44.8 Å². The maximum absolute atomic E-state index is 5.59. The first-order valence-corrected chi connectivity index (χ1v) is 6.95. The summed E-state index contributed by atoms with van der Waals surface area (Å²) in [5, 5.41) is 3.31. The van der Waals surface area contributed by atoms with Crippen molar-refractivity contribution in [1.82, 2.24) is 4.98 Å². The molecule has 0 bridgehead atoms. The summed E-state index contributed by atoms with van der Waals surface area (Å²) < 4.78 is 0.902. The van der Waals surface area contributed by atoms with Crippen LogP contribution < -0.4 is 11.1 Å².